The van der Waals surface area contributed by atoms with Crippen LogP contribution in [0.25, 0.3) is 11.1 Å². The number of esters is 1. The molecular formula is C41H35NaO7. The van der Waals surface area contributed by atoms with Gasteiger partial charge in [0.1, 0.15) is 0 Å². The number of ether oxygens (including phenoxy) is 1. The molecule has 0 spiro atoms. The minimum Gasteiger partial charge on any atom is -0.870 e. The van der Waals surface area contributed by atoms with E-state index in [1.54, 1.807) is 0 Å². The molecule has 0 aliphatic heterocycles. The summed E-state index contributed by atoms with van der Waals surface area (Å²) in [4.78, 5) is 50.1. The van der Waals surface area contributed by atoms with Gasteiger partial charge < -0.3 is 15.3 Å². The van der Waals surface area contributed by atoms with Gasteiger partial charge in [-0.15, -0.1) is 0 Å². The van der Waals surface area contributed by atoms with E-state index in [9.17, 15) is 24.3 Å². The molecule has 2 N–H and O–H groups in total. The molecule has 0 heterocycles. The summed E-state index contributed by atoms with van der Waals surface area (Å²) in [6, 6.07) is 31.2. The van der Waals surface area contributed by atoms with Gasteiger partial charge in [-0.1, -0.05) is 109 Å². The molecule has 8 heteroatoms. The van der Waals surface area contributed by atoms with E-state index in [0.717, 1.165) is 57.4 Å². The first-order chi connectivity index (χ1) is 22.8. The maximum atomic E-state index is 13.3. The number of Topliss-reactive ketones (excluding diaryl/α,β-unsaturated/α-hetero) is 2. The van der Waals surface area contributed by atoms with Gasteiger partial charge in [-0.3, -0.25) is 19.2 Å². The molecule has 2 atom stereocenters. The fourth-order valence-electron chi connectivity index (χ4n) is 8.08. The number of carbonyl (C=O) groups is 4. The summed E-state index contributed by atoms with van der Waals surface area (Å²) in [6.45, 7) is 0. The van der Waals surface area contributed by atoms with Crippen LogP contribution < -0.4 is 29.6 Å². The largest absolute Gasteiger partial charge is 1.00 e. The Morgan fingerprint density at radius 1 is 0.612 bits per heavy atom. The third-order valence-corrected chi connectivity index (χ3v) is 10.2. The van der Waals surface area contributed by atoms with Crippen molar-refractivity contribution in [3.05, 3.63) is 154 Å². The van der Waals surface area contributed by atoms with Gasteiger partial charge >= 0.3 is 41.5 Å². The zero-order valence-electron chi connectivity index (χ0n) is 27.6. The number of hydrogen-bond acceptors (Lipinski definition) is 6. The first-order valence-corrected chi connectivity index (χ1v) is 15.9. The molecule has 0 radical (unpaired) electrons. The molecule has 0 aromatic heterocycles. The molecule has 0 amide bonds. The van der Waals surface area contributed by atoms with Gasteiger partial charge in [-0.25, -0.2) is 0 Å². The molecule has 49 heavy (non-hydrogen) atoms. The molecule has 7 nitrogen and oxygen atoms in total. The molecule has 0 saturated heterocycles. The third-order valence-electron chi connectivity index (χ3n) is 10.2. The molecular weight excluding hydrogens is 627 g/mol. The summed E-state index contributed by atoms with van der Waals surface area (Å²) >= 11 is 0. The number of rotatable bonds is 6. The number of allylic oxidation sites excluding steroid dienone is 4. The van der Waals surface area contributed by atoms with Gasteiger partial charge in [-0.05, 0) is 70.2 Å². The van der Waals surface area contributed by atoms with Gasteiger partial charge in [-0.2, -0.15) is 0 Å². The Hall–Kier alpha value is -4.40. The molecule has 4 aliphatic rings. The molecule has 0 saturated carbocycles. The van der Waals surface area contributed by atoms with E-state index >= 15 is 0 Å². The number of benzene rings is 4. The SMILES string of the molecule is COC(=O)CC1(C2=CCc3ccccc32)Cc2ccccc2C1=O.O=C(O)CC1(C2=CCc3ccccc32)Cc2ccccc2C1=O.[Na+].[OH-]. The first kappa shape index (κ1) is 35.9. The van der Waals surface area contributed by atoms with Crippen LogP contribution in [-0.2, 0) is 40.0 Å². The van der Waals surface area contributed by atoms with Crippen LogP contribution in [0, 0.1) is 10.8 Å². The van der Waals surface area contributed by atoms with Crippen molar-refractivity contribution in [2.24, 2.45) is 10.8 Å². The summed E-state index contributed by atoms with van der Waals surface area (Å²) in [5.74, 6) is -1.30. The second-order valence-corrected chi connectivity index (χ2v) is 12.8. The van der Waals surface area contributed by atoms with Crippen LogP contribution in [-0.4, -0.2) is 41.2 Å². The predicted octanol–water partition coefficient (Wildman–Crippen LogP) is 3.97. The van der Waals surface area contributed by atoms with E-state index in [2.05, 4.69) is 12.1 Å². The fourth-order valence-corrected chi connectivity index (χ4v) is 8.08. The van der Waals surface area contributed by atoms with Crippen LogP contribution in [0.5, 0.6) is 0 Å². The molecule has 242 valence electrons. The van der Waals surface area contributed by atoms with Crippen molar-refractivity contribution in [1.82, 2.24) is 0 Å². The monoisotopic (exact) mass is 662 g/mol. The average molecular weight is 663 g/mol. The second kappa shape index (κ2) is 14.2. The minimum absolute atomic E-state index is 0. The Morgan fingerprint density at radius 2 is 0.980 bits per heavy atom. The topological polar surface area (TPSA) is 128 Å². The van der Waals surface area contributed by atoms with E-state index in [-0.39, 0.29) is 65.4 Å². The zero-order valence-corrected chi connectivity index (χ0v) is 29.6. The second-order valence-electron chi connectivity index (χ2n) is 12.8. The first-order valence-electron chi connectivity index (χ1n) is 15.9. The summed E-state index contributed by atoms with van der Waals surface area (Å²) in [5, 5.41) is 9.46. The van der Waals surface area contributed by atoms with Crippen molar-refractivity contribution in [2.75, 3.05) is 7.11 Å². The number of hydrogen-bond donors (Lipinski definition) is 1. The van der Waals surface area contributed by atoms with Crippen LogP contribution in [0.3, 0.4) is 0 Å². The smallest absolute Gasteiger partial charge is 0.870 e. The average Bonchev–Trinajstić information content (AvgIpc) is 3.84. The van der Waals surface area contributed by atoms with Gasteiger partial charge in [0.25, 0.3) is 0 Å². The standard InChI is InChI=1S/C21H18O3.C20H16O3.Na.H2O/c1-24-19(22)13-21(12-15-7-3-5-9-17(15)20(21)23)18-11-10-14-6-2-4-8-16(14)18;21-18(22)12-20(11-14-6-2-4-8-16(14)19(20)23)17-10-9-13-5-1-3-7-15(13)17;;/h2-9,11H,10,12-13H2,1H3;1-8,10H,9,11-12H2,(H,21,22);;1H2/q;;+1;/p-1. The van der Waals surface area contributed by atoms with Crippen molar-refractivity contribution in [3.63, 3.8) is 0 Å². The number of methoxy groups -OCH3 is 1. The number of aliphatic carboxylic acids is 1. The normalized spacial score (nSPS) is 20.6. The summed E-state index contributed by atoms with van der Waals surface area (Å²) < 4.78 is 4.91. The number of ketones is 2. The molecule has 4 aliphatic carbocycles. The fraction of sp³-hybridized carbons (Fsp3) is 0.220. The van der Waals surface area contributed by atoms with Crippen LogP contribution in [0.1, 0.15) is 66.9 Å². The van der Waals surface area contributed by atoms with Crippen LogP contribution >= 0.6 is 0 Å². The summed E-state index contributed by atoms with van der Waals surface area (Å²) in [5.41, 5.74) is 7.88. The van der Waals surface area contributed by atoms with Crippen molar-refractivity contribution in [2.45, 2.75) is 38.5 Å². The molecule has 8 rings (SSSR count). The Labute approximate surface area is 307 Å². The number of carboxylic acids is 1. The van der Waals surface area contributed by atoms with Gasteiger partial charge in [0.15, 0.2) is 11.6 Å². The van der Waals surface area contributed by atoms with Gasteiger partial charge in [0.05, 0.1) is 30.8 Å². The number of fused-ring (bicyclic) bond motifs is 4. The molecule has 4 aromatic carbocycles. The van der Waals surface area contributed by atoms with E-state index in [0.29, 0.717) is 18.4 Å². The summed E-state index contributed by atoms with van der Waals surface area (Å²) in [6.07, 6.45) is 6.65. The molecule has 0 fully saturated rings. The molecule has 4 aromatic rings. The predicted molar refractivity (Wildman–Crippen MR) is 181 cm³/mol. The maximum absolute atomic E-state index is 13.3. The molecule has 0 bridgehead atoms. The Kier molecular flexibility index (Phi) is 10.4. The van der Waals surface area contributed by atoms with Crippen LogP contribution in [0.4, 0.5) is 0 Å². The van der Waals surface area contributed by atoms with Crippen molar-refractivity contribution < 1.29 is 64.1 Å². The van der Waals surface area contributed by atoms with Gasteiger partial charge in [0, 0.05) is 11.1 Å². The Morgan fingerprint density at radius 3 is 1.37 bits per heavy atom. The van der Waals surface area contributed by atoms with Crippen LogP contribution in [0.15, 0.2) is 109 Å². The van der Waals surface area contributed by atoms with E-state index < -0.39 is 16.8 Å². The quantitative estimate of drug-likeness (QED) is 0.245. The number of carboxylic acid groups (broad SMARTS) is 1. The van der Waals surface area contributed by atoms with E-state index in [1.165, 1.54) is 12.7 Å². The Bertz CT molecular complexity index is 2040. The summed E-state index contributed by atoms with van der Waals surface area (Å²) in [7, 11) is 1.37. The van der Waals surface area contributed by atoms with Crippen molar-refractivity contribution in [1.29, 1.82) is 0 Å². The van der Waals surface area contributed by atoms with Crippen LogP contribution in [0.2, 0.25) is 0 Å². The number of carbonyl (C=O) groups excluding carboxylic acids is 3. The Balaban J connectivity index is 0.000000184. The third kappa shape index (κ3) is 6.06. The minimum atomic E-state index is -0.970. The maximum Gasteiger partial charge on any atom is 1.00 e. The van der Waals surface area contributed by atoms with Crippen molar-refractivity contribution in [3.8, 4) is 0 Å². The van der Waals surface area contributed by atoms with E-state index in [1.807, 2.05) is 97.1 Å². The van der Waals surface area contributed by atoms with Crippen molar-refractivity contribution >= 4 is 34.7 Å². The molecule has 2 unspecified atom stereocenters. The van der Waals surface area contributed by atoms with Gasteiger partial charge in [0.2, 0.25) is 0 Å². The zero-order chi connectivity index (χ0) is 32.8. The van der Waals surface area contributed by atoms with E-state index in [4.69, 9.17) is 4.74 Å².